The second-order valence-electron chi connectivity index (χ2n) is 2.71. The molecule has 3 heteroatoms. The lowest BCUT2D eigenvalue weighted by Crippen LogP contribution is -2.33. The highest BCUT2D eigenvalue weighted by Gasteiger charge is 2.24. The van der Waals surface area contributed by atoms with Gasteiger partial charge in [0.2, 0.25) is 5.91 Å². The minimum atomic E-state index is -0.271. The maximum absolute atomic E-state index is 11.2. The molecule has 2 aliphatic rings. The van der Waals surface area contributed by atoms with Crippen LogP contribution < -0.4 is 5.32 Å². The molecule has 1 heterocycles. The summed E-state index contributed by atoms with van der Waals surface area (Å²) in [7, 11) is 0. The summed E-state index contributed by atoms with van der Waals surface area (Å²) >= 11 is 0. The molecular formula is C9H7NO2. The van der Waals surface area contributed by atoms with Gasteiger partial charge in [-0.05, 0) is 12.2 Å². The Morgan fingerprint density at radius 1 is 1.25 bits per heavy atom. The predicted molar refractivity (Wildman–Crippen MR) is 43.0 cm³/mol. The van der Waals surface area contributed by atoms with E-state index < -0.39 is 0 Å². The Labute approximate surface area is 69.5 Å². The van der Waals surface area contributed by atoms with Crippen LogP contribution in [0, 0.1) is 5.92 Å². The third-order valence-corrected chi connectivity index (χ3v) is 1.89. The van der Waals surface area contributed by atoms with E-state index in [1.54, 1.807) is 18.2 Å². The van der Waals surface area contributed by atoms with Crippen molar-refractivity contribution in [1.29, 1.82) is 0 Å². The third-order valence-electron chi connectivity index (χ3n) is 1.89. The first kappa shape index (κ1) is 7.03. The van der Waals surface area contributed by atoms with E-state index in [4.69, 9.17) is 0 Å². The molecule has 0 aromatic rings. The number of fused-ring (bicyclic) bond motifs is 1. The molecule has 3 nitrogen and oxygen atoms in total. The van der Waals surface area contributed by atoms with Crippen LogP contribution in [0.1, 0.15) is 0 Å². The maximum Gasteiger partial charge on any atom is 0.247 e. The molecule has 1 aliphatic carbocycles. The van der Waals surface area contributed by atoms with Crippen molar-refractivity contribution in [3.05, 3.63) is 36.1 Å². The number of allylic oxidation sites excluding steroid dienone is 4. The van der Waals surface area contributed by atoms with Crippen molar-refractivity contribution in [2.45, 2.75) is 0 Å². The average Bonchev–Trinajstić information content (AvgIpc) is 2.04. The highest BCUT2D eigenvalue weighted by atomic mass is 16.1. The van der Waals surface area contributed by atoms with E-state index in [9.17, 15) is 9.59 Å². The number of rotatable bonds is 0. The summed E-state index contributed by atoms with van der Waals surface area (Å²) in [6, 6.07) is 0. The summed E-state index contributed by atoms with van der Waals surface area (Å²) in [4.78, 5) is 22.1. The Balaban J connectivity index is 2.40. The van der Waals surface area contributed by atoms with E-state index in [1.807, 2.05) is 0 Å². The Morgan fingerprint density at radius 3 is 2.92 bits per heavy atom. The van der Waals surface area contributed by atoms with Crippen LogP contribution in [0.25, 0.3) is 0 Å². The summed E-state index contributed by atoms with van der Waals surface area (Å²) in [5.74, 6) is -0.419. The molecule has 1 unspecified atom stereocenters. The molecule has 0 bridgehead atoms. The van der Waals surface area contributed by atoms with Gasteiger partial charge in [0.1, 0.15) is 0 Å². The number of carbonyl (C=O) groups excluding carboxylic acids is 2. The molecule has 60 valence electrons. The lowest BCUT2D eigenvalue weighted by Gasteiger charge is -2.20. The van der Waals surface area contributed by atoms with E-state index in [1.165, 1.54) is 12.2 Å². The Morgan fingerprint density at radius 2 is 2.08 bits per heavy atom. The predicted octanol–water partition coefficient (Wildman–Crippen LogP) is 0.311. The number of hydrogen-bond donors (Lipinski definition) is 1. The van der Waals surface area contributed by atoms with Crippen molar-refractivity contribution in [2.24, 2.45) is 5.92 Å². The monoisotopic (exact) mass is 161 g/mol. The lowest BCUT2D eigenvalue weighted by atomic mass is 9.93. The third kappa shape index (κ3) is 0.993. The quantitative estimate of drug-likeness (QED) is 0.555. The van der Waals surface area contributed by atoms with Gasteiger partial charge in [-0.15, -0.1) is 0 Å². The first-order valence-electron chi connectivity index (χ1n) is 3.68. The summed E-state index contributed by atoms with van der Waals surface area (Å²) in [6.45, 7) is 0. The number of hydrogen-bond acceptors (Lipinski definition) is 2. The van der Waals surface area contributed by atoms with E-state index in [-0.39, 0.29) is 17.6 Å². The highest BCUT2D eigenvalue weighted by Crippen LogP contribution is 2.19. The van der Waals surface area contributed by atoms with Crippen molar-refractivity contribution < 1.29 is 9.59 Å². The maximum atomic E-state index is 11.2. The zero-order chi connectivity index (χ0) is 8.55. The smallest absolute Gasteiger partial charge is 0.247 e. The van der Waals surface area contributed by atoms with E-state index >= 15 is 0 Å². The lowest BCUT2D eigenvalue weighted by molar-refractivity contribution is -0.118. The van der Waals surface area contributed by atoms with Crippen molar-refractivity contribution in [1.82, 2.24) is 5.32 Å². The van der Waals surface area contributed by atoms with Gasteiger partial charge < -0.3 is 5.32 Å². The largest absolute Gasteiger partial charge is 0.325 e. The van der Waals surface area contributed by atoms with Gasteiger partial charge in [0.25, 0.3) is 0 Å². The van der Waals surface area contributed by atoms with Gasteiger partial charge in [0.05, 0.1) is 5.92 Å². The van der Waals surface area contributed by atoms with E-state index in [0.717, 1.165) is 0 Å². The summed E-state index contributed by atoms with van der Waals surface area (Å²) in [6.07, 6.45) is 7.91. The number of carbonyl (C=O) groups is 2. The van der Waals surface area contributed by atoms with Crippen LogP contribution in [0.5, 0.6) is 0 Å². The molecule has 12 heavy (non-hydrogen) atoms. The molecule has 0 aromatic heterocycles. The molecule has 0 saturated heterocycles. The second-order valence-corrected chi connectivity index (χ2v) is 2.71. The molecule has 0 spiro atoms. The summed E-state index contributed by atoms with van der Waals surface area (Å²) in [5, 5.41) is 2.61. The van der Waals surface area contributed by atoms with Crippen molar-refractivity contribution in [3.8, 4) is 0 Å². The Bertz CT molecular complexity index is 336. The zero-order valence-corrected chi connectivity index (χ0v) is 6.28. The van der Waals surface area contributed by atoms with Crippen molar-refractivity contribution in [3.63, 3.8) is 0 Å². The first-order valence-corrected chi connectivity index (χ1v) is 3.68. The van der Waals surface area contributed by atoms with Crippen molar-refractivity contribution >= 4 is 11.7 Å². The molecule has 1 aliphatic heterocycles. The van der Waals surface area contributed by atoms with Gasteiger partial charge >= 0.3 is 0 Å². The molecular weight excluding hydrogens is 154 g/mol. The minimum Gasteiger partial charge on any atom is -0.325 e. The fourth-order valence-electron chi connectivity index (χ4n) is 1.29. The number of ketones is 1. The van der Waals surface area contributed by atoms with Crippen LogP contribution in [0.2, 0.25) is 0 Å². The highest BCUT2D eigenvalue weighted by molar-refractivity contribution is 6.01. The zero-order valence-electron chi connectivity index (χ0n) is 6.28. The van der Waals surface area contributed by atoms with Crippen LogP contribution in [-0.4, -0.2) is 11.7 Å². The molecule has 0 saturated carbocycles. The fourth-order valence-corrected chi connectivity index (χ4v) is 1.29. The van der Waals surface area contributed by atoms with Crippen LogP contribution in [-0.2, 0) is 9.59 Å². The average molecular weight is 161 g/mol. The number of nitrogens with one attached hydrogen (secondary N) is 1. The van der Waals surface area contributed by atoms with Crippen LogP contribution in [0.4, 0.5) is 0 Å². The SMILES string of the molecule is O=C1C=CC2C(=O)C=CC=C2N1. The van der Waals surface area contributed by atoms with Gasteiger partial charge in [0.15, 0.2) is 5.78 Å². The van der Waals surface area contributed by atoms with Crippen LogP contribution >= 0.6 is 0 Å². The standard InChI is InChI=1S/C9H7NO2/c11-8-3-1-2-7-6(8)4-5-9(12)10-7/h1-6H,(H,10,12). The molecule has 0 fully saturated rings. The first-order chi connectivity index (χ1) is 5.77. The van der Waals surface area contributed by atoms with Crippen LogP contribution in [0.15, 0.2) is 36.1 Å². The topological polar surface area (TPSA) is 46.2 Å². The number of amides is 1. The Kier molecular flexibility index (Phi) is 1.43. The summed E-state index contributed by atoms with van der Waals surface area (Å²) < 4.78 is 0. The van der Waals surface area contributed by atoms with Gasteiger partial charge in [-0.25, -0.2) is 0 Å². The molecule has 1 N–H and O–H groups in total. The molecule has 1 atom stereocenters. The van der Waals surface area contributed by atoms with Gasteiger partial charge in [-0.2, -0.15) is 0 Å². The van der Waals surface area contributed by atoms with Gasteiger partial charge in [0, 0.05) is 11.8 Å². The minimum absolute atomic E-state index is 0.0174. The Hall–Kier alpha value is -1.64. The van der Waals surface area contributed by atoms with Crippen LogP contribution in [0.3, 0.4) is 0 Å². The fraction of sp³-hybridized carbons (Fsp3) is 0.111. The van der Waals surface area contributed by atoms with E-state index in [2.05, 4.69) is 5.32 Å². The normalized spacial score (nSPS) is 26.3. The van der Waals surface area contributed by atoms with E-state index in [0.29, 0.717) is 5.70 Å². The molecule has 1 amide bonds. The van der Waals surface area contributed by atoms with Gasteiger partial charge in [-0.1, -0.05) is 12.2 Å². The second kappa shape index (κ2) is 2.44. The molecule has 2 rings (SSSR count). The molecule has 0 aromatic carbocycles. The van der Waals surface area contributed by atoms with Crippen molar-refractivity contribution in [2.75, 3.05) is 0 Å². The van der Waals surface area contributed by atoms with Gasteiger partial charge in [-0.3, -0.25) is 9.59 Å². The summed E-state index contributed by atoms with van der Waals surface area (Å²) in [5.41, 5.74) is 0.676. The molecule has 0 radical (unpaired) electrons.